The van der Waals surface area contributed by atoms with Gasteiger partial charge in [0, 0.05) is 15.3 Å². The van der Waals surface area contributed by atoms with E-state index in [2.05, 4.69) is 20.9 Å². The molecule has 5 nitrogen and oxygen atoms in total. The molecule has 2 aromatic carbocycles. The van der Waals surface area contributed by atoms with Crippen molar-refractivity contribution in [1.29, 1.82) is 0 Å². The van der Waals surface area contributed by atoms with E-state index < -0.39 is 22.9 Å². The average molecular weight is 491 g/mol. The summed E-state index contributed by atoms with van der Waals surface area (Å²) in [5.74, 6) is -2.19. The third kappa shape index (κ3) is 2.99. The summed E-state index contributed by atoms with van der Waals surface area (Å²) >= 11 is 5.75. The Morgan fingerprint density at radius 1 is 1.03 bits per heavy atom. The minimum absolute atomic E-state index is 0.210. The topological polar surface area (TPSA) is 70.2 Å². The molecule has 1 N–H and O–H groups in total. The van der Waals surface area contributed by atoms with Crippen molar-refractivity contribution >= 4 is 56.5 Å². The van der Waals surface area contributed by atoms with Gasteiger partial charge in [-0.05, 0) is 42.0 Å². The molecule has 1 saturated heterocycles. The van der Waals surface area contributed by atoms with Crippen molar-refractivity contribution < 1.29 is 14.0 Å². The first-order valence-corrected chi connectivity index (χ1v) is 11.2. The van der Waals surface area contributed by atoms with E-state index in [0.717, 1.165) is 31.2 Å². The van der Waals surface area contributed by atoms with Crippen molar-refractivity contribution in [3.63, 3.8) is 0 Å². The number of carbonyl (C=O) groups is 2. The fourth-order valence-electron chi connectivity index (χ4n) is 3.92. The molecule has 0 radical (unpaired) electrons. The van der Waals surface area contributed by atoms with Gasteiger partial charge in [-0.2, -0.15) is 0 Å². The number of aromatic nitrogens is 1. The highest BCUT2D eigenvalue weighted by Gasteiger charge is 2.56. The van der Waals surface area contributed by atoms with Crippen LogP contribution in [0.4, 0.5) is 10.1 Å². The molecule has 0 aliphatic carbocycles. The molecule has 3 aromatic rings. The minimum atomic E-state index is -0.658. The van der Waals surface area contributed by atoms with Gasteiger partial charge in [0.05, 0.1) is 16.6 Å². The molecule has 2 aliphatic heterocycles. The lowest BCUT2D eigenvalue weighted by Crippen LogP contribution is -2.32. The summed E-state index contributed by atoms with van der Waals surface area (Å²) in [5, 5.41) is -0.0254. The second-order valence-electron chi connectivity index (χ2n) is 6.79. The first kappa shape index (κ1) is 18.8. The van der Waals surface area contributed by atoms with Gasteiger partial charge in [-0.15, -0.1) is 0 Å². The van der Waals surface area contributed by atoms with Gasteiger partial charge in [-0.25, -0.2) is 9.29 Å². The Hall–Kier alpha value is -2.23. The molecule has 0 saturated carbocycles. The fourth-order valence-corrected chi connectivity index (χ4v) is 6.85. The van der Waals surface area contributed by atoms with E-state index in [-0.39, 0.29) is 16.7 Å². The van der Waals surface area contributed by atoms with Crippen molar-refractivity contribution in [2.45, 2.75) is 16.2 Å². The number of hydrogen-bond acceptors (Lipinski definition) is 5. The lowest BCUT2D eigenvalue weighted by Gasteiger charge is -2.29. The maximum atomic E-state index is 13.4. The third-order valence-electron chi connectivity index (χ3n) is 5.12. The first-order chi connectivity index (χ1) is 13.9. The molecule has 9 heteroatoms. The van der Waals surface area contributed by atoms with Crippen LogP contribution in [-0.2, 0) is 9.59 Å². The summed E-state index contributed by atoms with van der Waals surface area (Å²) in [5.41, 5.74) is 1.20. The number of nitrogens with one attached hydrogen (secondary N) is 1. The predicted octanol–water partition coefficient (Wildman–Crippen LogP) is 4.13. The van der Waals surface area contributed by atoms with Gasteiger partial charge in [0.2, 0.25) is 11.8 Å². The number of thioether (sulfide) groups is 1. The van der Waals surface area contributed by atoms with Gasteiger partial charge < -0.3 is 4.98 Å². The van der Waals surface area contributed by atoms with Gasteiger partial charge in [0.15, 0.2) is 0 Å². The molecule has 146 valence electrons. The Morgan fingerprint density at radius 3 is 2.52 bits per heavy atom. The highest BCUT2D eigenvalue weighted by molar-refractivity contribution is 9.10. The summed E-state index contributed by atoms with van der Waals surface area (Å²) in [6.45, 7) is 0. The number of amides is 2. The zero-order valence-electron chi connectivity index (χ0n) is 14.6. The average Bonchev–Trinajstić information content (AvgIpc) is 3.18. The van der Waals surface area contributed by atoms with Crippen LogP contribution in [0.15, 0.2) is 62.8 Å². The van der Waals surface area contributed by atoms with Crippen LogP contribution < -0.4 is 9.77 Å². The molecule has 3 atom stereocenters. The fraction of sp³-hybridized carbons (Fsp3) is 0.150. The number of hydrogen-bond donors (Lipinski definition) is 1. The molecule has 3 heterocycles. The van der Waals surface area contributed by atoms with Crippen molar-refractivity contribution in [2.24, 2.45) is 5.92 Å². The number of anilines is 1. The smallest absolute Gasteiger partial charge is 0.305 e. The first-order valence-electron chi connectivity index (χ1n) is 8.72. The molecule has 29 heavy (non-hydrogen) atoms. The van der Waals surface area contributed by atoms with Crippen LogP contribution in [-0.4, -0.2) is 22.0 Å². The number of carbonyl (C=O) groups excluding carboxylic acids is 2. The second kappa shape index (κ2) is 6.93. The maximum absolute atomic E-state index is 13.4. The Labute approximate surface area is 181 Å². The van der Waals surface area contributed by atoms with E-state index in [9.17, 15) is 18.8 Å². The number of benzene rings is 2. The minimum Gasteiger partial charge on any atom is -0.307 e. The SMILES string of the molecule is O=C1C2Sc3[nH]c(=O)sc3[C@H](c3cccc(Br)c3)C2C(=O)N1c1ccc(F)cc1. The summed E-state index contributed by atoms with van der Waals surface area (Å²) in [6.07, 6.45) is 0. The number of nitrogens with zero attached hydrogens (tertiary/aromatic N) is 1. The molecule has 1 aromatic heterocycles. The Kier molecular flexibility index (Phi) is 4.49. The van der Waals surface area contributed by atoms with Crippen LogP contribution in [0.25, 0.3) is 0 Å². The molecule has 0 bridgehead atoms. The van der Waals surface area contributed by atoms with Crippen molar-refractivity contribution in [1.82, 2.24) is 4.98 Å². The zero-order chi connectivity index (χ0) is 20.3. The summed E-state index contributed by atoms with van der Waals surface area (Å²) in [4.78, 5) is 43.1. The van der Waals surface area contributed by atoms with Crippen LogP contribution in [0.5, 0.6) is 0 Å². The maximum Gasteiger partial charge on any atom is 0.305 e. The second-order valence-corrected chi connectivity index (χ2v) is 9.88. The van der Waals surface area contributed by atoms with Gasteiger partial charge in [-0.1, -0.05) is 51.2 Å². The summed E-state index contributed by atoms with van der Waals surface area (Å²) < 4.78 is 14.2. The van der Waals surface area contributed by atoms with Crippen LogP contribution in [0.2, 0.25) is 0 Å². The van der Waals surface area contributed by atoms with Crippen LogP contribution in [0, 0.1) is 11.7 Å². The monoisotopic (exact) mass is 490 g/mol. The third-order valence-corrected chi connectivity index (χ3v) is 8.01. The van der Waals surface area contributed by atoms with Crippen molar-refractivity contribution in [2.75, 3.05) is 4.90 Å². The standard InChI is InChI=1S/C20H12BrFN2O3S2/c21-10-3-1-2-9(8-10)13-14-16(28-17-15(13)29-20(27)23-17)19(26)24(18(14)25)12-6-4-11(22)5-7-12/h1-8,13-14,16H,(H,23,27)/t13-,14?,16?/m1/s1. The number of imide groups is 1. The molecule has 5 rings (SSSR count). The van der Waals surface area contributed by atoms with Gasteiger partial charge in [0.1, 0.15) is 11.1 Å². The van der Waals surface area contributed by atoms with Gasteiger partial charge >= 0.3 is 4.87 Å². The molecule has 2 unspecified atom stereocenters. The van der Waals surface area contributed by atoms with E-state index >= 15 is 0 Å². The Balaban J connectivity index is 1.66. The largest absolute Gasteiger partial charge is 0.307 e. The van der Waals surface area contributed by atoms with Crippen LogP contribution >= 0.6 is 39.0 Å². The Bertz CT molecular complexity index is 1210. The number of thiazole rings is 1. The molecule has 2 aliphatic rings. The van der Waals surface area contributed by atoms with E-state index in [4.69, 9.17) is 0 Å². The zero-order valence-corrected chi connectivity index (χ0v) is 17.8. The molecule has 1 fully saturated rings. The van der Waals surface area contributed by atoms with Gasteiger partial charge in [-0.3, -0.25) is 14.4 Å². The number of aromatic amines is 1. The summed E-state index contributed by atoms with van der Waals surface area (Å²) in [6, 6.07) is 12.9. The van der Waals surface area contributed by atoms with E-state index in [1.807, 2.05) is 24.3 Å². The summed E-state index contributed by atoms with van der Waals surface area (Å²) in [7, 11) is 0. The van der Waals surface area contributed by atoms with Gasteiger partial charge in [0.25, 0.3) is 0 Å². The lowest BCUT2D eigenvalue weighted by atomic mass is 9.83. The van der Waals surface area contributed by atoms with Crippen LogP contribution in [0.3, 0.4) is 0 Å². The number of H-pyrrole nitrogens is 1. The molecule has 2 amide bonds. The highest BCUT2D eigenvalue weighted by atomic mass is 79.9. The lowest BCUT2D eigenvalue weighted by molar-refractivity contribution is -0.122. The van der Waals surface area contributed by atoms with Crippen molar-refractivity contribution in [3.8, 4) is 0 Å². The van der Waals surface area contributed by atoms with Crippen LogP contribution in [0.1, 0.15) is 16.4 Å². The number of halogens is 2. The quantitative estimate of drug-likeness (QED) is 0.548. The highest BCUT2D eigenvalue weighted by Crippen LogP contribution is 2.53. The molecular formula is C20H12BrFN2O3S2. The molecular weight excluding hydrogens is 479 g/mol. The predicted molar refractivity (Wildman–Crippen MR) is 113 cm³/mol. The van der Waals surface area contributed by atoms with E-state index in [1.54, 1.807) is 0 Å². The molecule has 0 spiro atoms. The van der Waals surface area contributed by atoms with E-state index in [0.29, 0.717) is 10.7 Å². The van der Waals surface area contributed by atoms with E-state index in [1.165, 1.54) is 36.0 Å². The number of fused-ring (bicyclic) bond motifs is 2. The van der Waals surface area contributed by atoms with Crippen molar-refractivity contribution in [3.05, 3.63) is 78.9 Å². The number of rotatable bonds is 2. The Morgan fingerprint density at radius 2 is 1.79 bits per heavy atom. The normalized spacial score (nSPS) is 23.2.